The second-order valence-electron chi connectivity index (χ2n) is 5.20. The highest BCUT2D eigenvalue weighted by atomic mass is 19.1. The molecule has 1 N–H and O–H groups in total. The summed E-state index contributed by atoms with van der Waals surface area (Å²) < 4.78 is 26.3. The van der Waals surface area contributed by atoms with Crippen molar-refractivity contribution < 1.29 is 13.6 Å². The lowest BCUT2D eigenvalue weighted by atomic mass is 10.00. The van der Waals surface area contributed by atoms with Gasteiger partial charge in [0.2, 0.25) is 5.91 Å². The zero-order valence-electron chi connectivity index (χ0n) is 11.7. The number of anilines is 1. The van der Waals surface area contributed by atoms with Gasteiger partial charge in [0.05, 0.1) is 12.2 Å². The number of halogens is 2. The molecule has 1 fully saturated rings. The summed E-state index contributed by atoms with van der Waals surface area (Å²) in [5.41, 5.74) is 0.0291. The van der Waals surface area contributed by atoms with Crippen molar-refractivity contribution in [2.75, 3.05) is 18.4 Å². The van der Waals surface area contributed by atoms with Crippen LogP contribution in [0, 0.1) is 11.6 Å². The quantitative estimate of drug-likeness (QED) is 0.920. The Morgan fingerprint density at radius 3 is 2.90 bits per heavy atom. The standard InChI is InChI=1S/C15H20F2N2O/c1-2-12-5-3-4-8-19(12)10-15(20)18-14-7-6-11(16)9-13(14)17/h6-7,9,12H,2-5,8,10H2,1H3,(H,18,20). The summed E-state index contributed by atoms with van der Waals surface area (Å²) in [6.07, 6.45) is 4.41. The van der Waals surface area contributed by atoms with Gasteiger partial charge in [0.25, 0.3) is 0 Å². The maximum atomic E-state index is 13.5. The fraction of sp³-hybridized carbons (Fsp3) is 0.533. The third-order valence-corrected chi connectivity index (χ3v) is 3.77. The molecule has 2 rings (SSSR count). The summed E-state index contributed by atoms with van der Waals surface area (Å²) in [5.74, 6) is -1.65. The molecule has 1 atom stereocenters. The lowest BCUT2D eigenvalue weighted by Crippen LogP contribution is -2.43. The van der Waals surface area contributed by atoms with Crippen LogP contribution in [0.15, 0.2) is 18.2 Å². The molecule has 20 heavy (non-hydrogen) atoms. The van der Waals surface area contributed by atoms with Gasteiger partial charge in [-0.2, -0.15) is 0 Å². The van der Waals surface area contributed by atoms with E-state index < -0.39 is 11.6 Å². The highest BCUT2D eigenvalue weighted by Gasteiger charge is 2.23. The third kappa shape index (κ3) is 3.76. The molecule has 3 nitrogen and oxygen atoms in total. The number of carbonyl (C=O) groups excluding carboxylic acids is 1. The average Bonchev–Trinajstić information content (AvgIpc) is 2.42. The van der Waals surface area contributed by atoms with Gasteiger partial charge in [-0.3, -0.25) is 9.69 Å². The lowest BCUT2D eigenvalue weighted by molar-refractivity contribution is -0.118. The van der Waals surface area contributed by atoms with Crippen LogP contribution in [0.5, 0.6) is 0 Å². The Balaban J connectivity index is 1.94. The number of likely N-dealkylation sites (tertiary alicyclic amines) is 1. The molecule has 0 bridgehead atoms. The van der Waals surface area contributed by atoms with Gasteiger partial charge in [-0.25, -0.2) is 8.78 Å². The van der Waals surface area contributed by atoms with E-state index in [0.717, 1.165) is 37.9 Å². The second-order valence-corrected chi connectivity index (χ2v) is 5.20. The van der Waals surface area contributed by atoms with Crippen LogP contribution in [-0.2, 0) is 4.79 Å². The van der Waals surface area contributed by atoms with Gasteiger partial charge in [0.1, 0.15) is 11.6 Å². The number of piperidine rings is 1. The fourth-order valence-electron chi connectivity index (χ4n) is 2.70. The Morgan fingerprint density at radius 1 is 1.40 bits per heavy atom. The molecule has 0 aromatic heterocycles. The number of amides is 1. The minimum Gasteiger partial charge on any atom is -0.322 e. The number of nitrogens with one attached hydrogen (secondary N) is 1. The van der Waals surface area contributed by atoms with Gasteiger partial charge in [-0.05, 0) is 37.9 Å². The summed E-state index contributed by atoms with van der Waals surface area (Å²) in [4.78, 5) is 14.1. The maximum Gasteiger partial charge on any atom is 0.238 e. The molecule has 1 amide bonds. The first-order chi connectivity index (χ1) is 9.60. The Morgan fingerprint density at radius 2 is 2.20 bits per heavy atom. The molecule has 1 aromatic rings. The fourth-order valence-corrected chi connectivity index (χ4v) is 2.70. The molecule has 1 unspecified atom stereocenters. The van der Waals surface area contributed by atoms with Crippen LogP contribution in [0.2, 0.25) is 0 Å². The second kappa shape index (κ2) is 6.79. The third-order valence-electron chi connectivity index (χ3n) is 3.77. The minimum atomic E-state index is -0.746. The zero-order valence-corrected chi connectivity index (χ0v) is 11.7. The molecular weight excluding hydrogens is 262 g/mol. The highest BCUT2D eigenvalue weighted by Crippen LogP contribution is 2.20. The minimum absolute atomic E-state index is 0.0291. The summed E-state index contributed by atoms with van der Waals surface area (Å²) in [6, 6.07) is 3.57. The van der Waals surface area contributed by atoms with E-state index in [0.29, 0.717) is 6.04 Å². The van der Waals surface area contributed by atoms with E-state index in [4.69, 9.17) is 0 Å². The molecule has 0 saturated carbocycles. The maximum absolute atomic E-state index is 13.5. The number of hydrogen-bond acceptors (Lipinski definition) is 2. The largest absolute Gasteiger partial charge is 0.322 e. The van der Waals surface area contributed by atoms with Crippen molar-refractivity contribution in [2.24, 2.45) is 0 Å². The molecule has 1 aliphatic rings. The van der Waals surface area contributed by atoms with Gasteiger partial charge < -0.3 is 5.32 Å². The smallest absolute Gasteiger partial charge is 0.238 e. The van der Waals surface area contributed by atoms with Crippen molar-refractivity contribution in [3.05, 3.63) is 29.8 Å². The Hall–Kier alpha value is -1.49. The summed E-state index contributed by atoms with van der Waals surface area (Å²) in [5, 5.41) is 2.51. The first kappa shape index (κ1) is 14.9. The van der Waals surface area contributed by atoms with Crippen molar-refractivity contribution >= 4 is 11.6 Å². The van der Waals surface area contributed by atoms with Crippen molar-refractivity contribution in [3.63, 3.8) is 0 Å². The van der Waals surface area contributed by atoms with Crippen LogP contribution in [0.25, 0.3) is 0 Å². The molecular formula is C15H20F2N2O. The zero-order chi connectivity index (χ0) is 14.5. The van der Waals surface area contributed by atoms with Crippen molar-refractivity contribution in [1.29, 1.82) is 0 Å². The number of nitrogens with zero attached hydrogens (tertiary/aromatic N) is 1. The molecule has 1 heterocycles. The van der Waals surface area contributed by atoms with Crippen LogP contribution < -0.4 is 5.32 Å². The van der Waals surface area contributed by atoms with Crippen LogP contribution in [0.1, 0.15) is 32.6 Å². The number of benzene rings is 1. The van der Waals surface area contributed by atoms with Crippen LogP contribution in [-0.4, -0.2) is 29.9 Å². The summed E-state index contributed by atoms with van der Waals surface area (Å²) in [7, 11) is 0. The van der Waals surface area contributed by atoms with E-state index in [1.165, 1.54) is 12.5 Å². The van der Waals surface area contributed by atoms with Gasteiger partial charge in [0.15, 0.2) is 0 Å². The van der Waals surface area contributed by atoms with Crippen molar-refractivity contribution in [2.45, 2.75) is 38.6 Å². The number of carbonyl (C=O) groups is 1. The molecule has 1 aromatic carbocycles. The van der Waals surface area contributed by atoms with E-state index in [9.17, 15) is 13.6 Å². The first-order valence-electron chi connectivity index (χ1n) is 7.09. The van der Waals surface area contributed by atoms with Gasteiger partial charge >= 0.3 is 0 Å². The van der Waals surface area contributed by atoms with Gasteiger partial charge in [-0.15, -0.1) is 0 Å². The number of rotatable bonds is 4. The molecule has 0 spiro atoms. The summed E-state index contributed by atoms with van der Waals surface area (Å²) >= 11 is 0. The Labute approximate surface area is 118 Å². The molecule has 1 saturated heterocycles. The van der Waals surface area contributed by atoms with E-state index in [2.05, 4.69) is 17.1 Å². The van der Waals surface area contributed by atoms with Crippen molar-refractivity contribution in [1.82, 2.24) is 4.90 Å². The van der Waals surface area contributed by atoms with Crippen LogP contribution in [0.3, 0.4) is 0 Å². The summed E-state index contributed by atoms with van der Waals surface area (Å²) in [6.45, 7) is 3.27. The van der Waals surface area contributed by atoms with Gasteiger partial charge in [0, 0.05) is 12.1 Å². The molecule has 1 aliphatic heterocycles. The SMILES string of the molecule is CCC1CCCCN1CC(=O)Nc1ccc(F)cc1F. The number of hydrogen-bond donors (Lipinski definition) is 1. The van der Waals surface area contributed by atoms with Gasteiger partial charge in [-0.1, -0.05) is 13.3 Å². The van der Waals surface area contributed by atoms with E-state index in [1.54, 1.807) is 0 Å². The van der Waals surface area contributed by atoms with Crippen LogP contribution >= 0.6 is 0 Å². The molecule has 0 aliphatic carbocycles. The predicted octanol–water partition coefficient (Wildman–Crippen LogP) is 3.17. The monoisotopic (exact) mass is 282 g/mol. The van der Waals surface area contributed by atoms with Crippen molar-refractivity contribution in [3.8, 4) is 0 Å². The average molecular weight is 282 g/mol. The normalized spacial score (nSPS) is 19.9. The highest BCUT2D eigenvalue weighted by molar-refractivity contribution is 5.92. The molecule has 0 radical (unpaired) electrons. The Kier molecular flexibility index (Phi) is 5.06. The van der Waals surface area contributed by atoms with E-state index >= 15 is 0 Å². The van der Waals surface area contributed by atoms with E-state index in [-0.39, 0.29) is 18.1 Å². The molecule has 5 heteroatoms. The predicted molar refractivity (Wildman–Crippen MR) is 74.5 cm³/mol. The first-order valence-corrected chi connectivity index (χ1v) is 7.09. The lowest BCUT2D eigenvalue weighted by Gasteiger charge is -2.34. The van der Waals surface area contributed by atoms with E-state index in [1.807, 2.05) is 0 Å². The molecule has 110 valence electrons. The van der Waals surface area contributed by atoms with Crippen LogP contribution in [0.4, 0.5) is 14.5 Å². The Bertz CT molecular complexity index is 479. The topological polar surface area (TPSA) is 32.3 Å².